The van der Waals surface area contributed by atoms with Crippen LogP contribution in [-0.2, 0) is 0 Å². The third-order valence-corrected chi connectivity index (χ3v) is 0.580. The molecule has 0 aliphatic carbocycles. The summed E-state index contributed by atoms with van der Waals surface area (Å²) < 4.78 is 0. The van der Waals surface area contributed by atoms with Gasteiger partial charge in [0.15, 0.2) is 0 Å². The molecule has 0 aromatic rings. The van der Waals surface area contributed by atoms with Crippen LogP contribution in [0.4, 0.5) is 0 Å². The summed E-state index contributed by atoms with van der Waals surface area (Å²) in [5, 5.41) is 3.67. The molecule has 0 saturated heterocycles. The maximum atomic E-state index is 3.67. The monoisotopic (exact) mass is 93.0 g/mol. The smallest absolute Gasteiger partial charge is 0.0811 e. The first-order chi connectivity index (χ1) is 3.50. The molecule has 0 spiro atoms. The van der Waals surface area contributed by atoms with Crippen LogP contribution in [0.2, 0.25) is 0 Å². The van der Waals surface area contributed by atoms with Crippen molar-refractivity contribution < 1.29 is 0 Å². The topological polar surface area (TPSA) is 24.4 Å². The molecule has 1 rings (SSSR count). The minimum absolute atomic E-state index is 1.66. The van der Waals surface area contributed by atoms with E-state index >= 15 is 0 Å². The number of allylic oxidation sites excluding steroid dienone is 3. The standard InChI is InChI=1S/C5H5N2/c1-2-4-6-7-5-3-1/h1-4,7H. The third-order valence-electron chi connectivity index (χ3n) is 0.580. The predicted octanol–water partition coefficient (Wildman–Crippen LogP) is 0.448. The second-order valence-electron chi connectivity index (χ2n) is 1.09. The van der Waals surface area contributed by atoms with E-state index in [1.165, 1.54) is 0 Å². The maximum Gasteiger partial charge on any atom is 0.0811 e. The molecule has 1 aliphatic heterocycles. The van der Waals surface area contributed by atoms with Gasteiger partial charge in [0, 0.05) is 6.21 Å². The molecule has 0 aromatic heterocycles. The molecule has 0 bridgehead atoms. The normalized spacial score (nSPS) is 16.0. The highest BCUT2D eigenvalue weighted by Crippen LogP contribution is 1.75. The van der Waals surface area contributed by atoms with Crippen LogP contribution in [0, 0.1) is 6.20 Å². The van der Waals surface area contributed by atoms with Crippen molar-refractivity contribution in [2.24, 2.45) is 5.10 Å². The van der Waals surface area contributed by atoms with E-state index in [-0.39, 0.29) is 0 Å². The summed E-state index contributed by atoms with van der Waals surface area (Å²) in [5.41, 5.74) is 2.55. The zero-order valence-corrected chi connectivity index (χ0v) is 3.76. The lowest BCUT2D eigenvalue weighted by molar-refractivity contribution is 0.949. The molecule has 0 saturated carbocycles. The van der Waals surface area contributed by atoms with E-state index in [0.29, 0.717) is 0 Å². The van der Waals surface area contributed by atoms with Gasteiger partial charge in [-0.05, 0) is 12.2 Å². The lowest BCUT2D eigenvalue weighted by Crippen LogP contribution is -1.90. The van der Waals surface area contributed by atoms with E-state index < -0.39 is 0 Å². The van der Waals surface area contributed by atoms with Crippen LogP contribution < -0.4 is 5.43 Å². The van der Waals surface area contributed by atoms with Gasteiger partial charge in [0.05, 0.1) is 6.20 Å². The fourth-order valence-electron chi connectivity index (χ4n) is 0.308. The predicted molar refractivity (Wildman–Crippen MR) is 28.6 cm³/mol. The average Bonchev–Trinajstić information content (AvgIpc) is 1.90. The van der Waals surface area contributed by atoms with Crippen molar-refractivity contribution in [1.82, 2.24) is 5.43 Å². The van der Waals surface area contributed by atoms with Crippen LogP contribution in [0.1, 0.15) is 0 Å². The van der Waals surface area contributed by atoms with Gasteiger partial charge in [0.1, 0.15) is 0 Å². The van der Waals surface area contributed by atoms with Crippen molar-refractivity contribution in [3.63, 3.8) is 0 Å². The summed E-state index contributed by atoms with van der Waals surface area (Å²) in [6.45, 7) is 0. The van der Waals surface area contributed by atoms with Crippen LogP contribution in [0.5, 0.6) is 0 Å². The fraction of sp³-hybridized carbons (Fsp3) is 0. The van der Waals surface area contributed by atoms with Crippen molar-refractivity contribution in [2.75, 3.05) is 0 Å². The maximum absolute atomic E-state index is 3.67. The first kappa shape index (κ1) is 4.12. The Balaban J connectivity index is 2.60. The molecule has 2 nitrogen and oxygen atoms in total. The fourth-order valence-corrected chi connectivity index (χ4v) is 0.308. The Kier molecular flexibility index (Phi) is 1.28. The number of hydrogen-bond acceptors (Lipinski definition) is 2. The molecule has 0 unspecified atom stereocenters. The van der Waals surface area contributed by atoms with Gasteiger partial charge in [-0.2, -0.15) is 5.10 Å². The molecular weight excluding hydrogens is 88.1 g/mol. The van der Waals surface area contributed by atoms with Gasteiger partial charge in [0.25, 0.3) is 0 Å². The van der Waals surface area contributed by atoms with E-state index in [0.717, 1.165) is 0 Å². The Hall–Kier alpha value is -1.05. The number of rotatable bonds is 0. The lowest BCUT2D eigenvalue weighted by atomic mass is 10.5. The number of nitrogens with one attached hydrogen (secondary N) is 1. The van der Waals surface area contributed by atoms with Gasteiger partial charge >= 0.3 is 0 Å². The second kappa shape index (κ2) is 2.18. The van der Waals surface area contributed by atoms with Gasteiger partial charge in [-0.15, -0.1) is 0 Å². The highest BCUT2D eigenvalue weighted by atomic mass is 15.3. The highest BCUT2D eigenvalue weighted by Gasteiger charge is 1.69. The molecule has 0 fully saturated rings. The highest BCUT2D eigenvalue weighted by molar-refractivity contribution is 5.71. The van der Waals surface area contributed by atoms with Crippen LogP contribution in [0.25, 0.3) is 0 Å². The Morgan fingerprint density at radius 2 is 2.43 bits per heavy atom. The Bertz CT molecular complexity index is 108. The molecule has 35 valence electrons. The molecule has 0 amide bonds. The van der Waals surface area contributed by atoms with Crippen molar-refractivity contribution in [3.05, 3.63) is 24.4 Å². The lowest BCUT2D eigenvalue weighted by Gasteiger charge is -1.77. The summed E-state index contributed by atoms with van der Waals surface area (Å²) in [6, 6.07) is 0. The summed E-state index contributed by atoms with van der Waals surface area (Å²) in [6.07, 6.45) is 9.78. The number of nitrogens with zero attached hydrogens (tertiary/aromatic N) is 1. The van der Waals surface area contributed by atoms with Gasteiger partial charge in [0.2, 0.25) is 0 Å². The van der Waals surface area contributed by atoms with E-state index in [2.05, 4.69) is 16.7 Å². The van der Waals surface area contributed by atoms with Gasteiger partial charge in [-0.3, -0.25) is 5.43 Å². The first-order valence-corrected chi connectivity index (χ1v) is 2.02. The van der Waals surface area contributed by atoms with E-state index in [9.17, 15) is 0 Å². The van der Waals surface area contributed by atoms with E-state index in [4.69, 9.17) is 0 Å². The minimum atomic E-state index is 1.66. The molecule has 2 heteroatoms. The van der Waals surface area contributed by atoms with Crippen LogP contribution in [0.15, 0.2) is 23.3 Å². The Labute approximate surface area is 42.2 Å². The van der Waals surface area contributed by atoms with Gasteiger partial charge in [-0.1, -0.05) is 6.08 Å². The molecular formula is C5H5N2. The molecule has 1 heterocycles. The van der Waals surface area contributed by atoms with Crippen molar-refractivity contribution in [3.8, 4) is 0 Å². The van der Waals surface area contributed by atoms with Crippen LogP contribution >= 0.6 is 0 Å². The summed E-state index contributed by atoms with van der Waals surface area (Å²) in [5.74, 6) is 0. The zero-order valence-electron chi connectivity index (χ0n) is 3.76. The largest absolute Gasteiger partial charge is 0.276 e. The number of hydrogen-bond donors (Lipinski definition) is 1. The Morgan fingerprint density at radius 3 is 3.43 bits per heavy atom. The number of hydrazone groups is 1. The molecule has 0 aromatic carbocycles. The van der Waals surface area contributed by atoms with E-state index in [1.54, 1.807) is 12.3 Å². The third kappa shape index (κ3) is 1.22. The zero-order chi connectivity index (χ0) is 4.95. The molecule has 0 atom stereocenters. The van der Waals surface area contributed by atoms with Gasteiger partial charge in [-0.25, -0.2) is 0 Å². The first-order valence-electron chi connectivity index (χ1n) is 2.02. The summed E-state index contributed by atoms with van der Waals surface area (Å²) in [4.78, 5) is 0. The minimum Gasteiger partial charge on any atom is -0.276 e. The van der Waals surface area contributed by atoms with Crippen molar-refractivity contribution in [1.29, 1.82) is 0 Å². The van der Waals surface area contributed by atoms with Crippen LogP contribution in [-0.4, -0.2) is 6.21 Å². The van der Waals surface area contributed by atoms with Crippen molar-refractivity contribution in [2.45, 2.75) is 0 Å². The van der Waals surface area contributed by atoms with E-state index in [1.807, 2.05) is 12.2 Å². The Morgan fingerprint density at radius 1 is 1.43 bits per heavy atom. The average molecular weight is 93.1 g/mol. The molecule has 1 N–H and O–H groups in total. The molecule has 7 heavy (non-hydrogen) atoms. The van der Waals surface area contributed by atoms with Crippen molar-refractivity contribution >= 4 is 6.21 Å². The quantitative estimate of drug-likeness (QED) is 0.462. The summed E-state index contributed by atoms with van der Waals surface area (Å²) >= 11 is 0. The second-order valence-corrected chi connectivity index (χ2v) is 1.09. The van der Waals surface area contributed by atoms with Gasteiger partial charge < -0.3 is 0 Å². The van der Waals surface area contributed by atoms with Crippen LogP contribution in [0.3, 0.4) is 0 Å². The summed E-state index contributed by atoms with van der Waals surface area (Å²) in [7, 11) is 0. The molecule has 1 radical (unpaired) electrons. The SMILES string of the molecule is [C]1=CC=CC=NN1. The molecule has 1 aliphatic rings.